The number of benzene rings is 3. The lowest BCUT2D eigenvalue weighted by Gasteiger charge is -2.25. The molecule has 1 fully saturated rings. The molecule has 1 aliphatic heterocycles. The first-order valence-electron chi connectivity index (χ1n) is 14.6. The van der Waals surface area contributed by atoms with Crippen LogP contribution in [0.2, 0.25) is 5.02 Å². The Morgan fingerprint density at radius 3 is 1.80 bits per heavy atom. The molecule has 0 N–H and O–H groups in total. The number of carbonyl (C=O) groups excluding carboxylic acids is 4. The van der Waals surface area contributed by atoms with Gasteiger partial charge in [0.05, 0.1) is 0 Å². The van der Waals surface area contributed by atoms with Crippen LogP contribution in [0.1, 0.15) is 57.2 Å². The molecule has 5 rings (SSSR count). The van der Waals surface area contributed by atoms with Gasteiger partial charge in [-0.05, 0) is 53.8 Å². The molecule has 8 nitrogen and oxygen atoms in total. The van der Waals surface area contributed by atoms with Crippen molar-refractivity contribution in [3.63, 3.8) is 0 Å². The third kappa shape index (κ3) is 7.63. The molecule has 0 bridgehead atoms. The fourth-order valence-corrected chi connectivity index (χ4v) is 5.47. The summed E-state index contributed by atoms with van der Waals surface area (Å²) in [5.41, 5.74) is 2.25. The van der Waals surface area contributed by atoms with Gasteiger partial charge in [0.25, 0.3) is 5.91 Å². The molecule has 2 heterocycles. The van der Waals surface area contributed by atoms with Gasteiger partial charge in [0, 0.05) is 36.6 Å². The number of likely N-dealkylation sites (tertiary alicyclic amines) is 1. The summed E-state index contributed by atoms with van der Waals surface area (Å²) < 4.78 is 12.6. The predicted molar refractivity (Wildman–Crippen MR) is 165 cm³/mol. The molecule has 0 radical (unpaired) electrons. The summed E-state index contributed by atoms with van der Waals surface area (Å²) in [6.07, 6.45) is 3.08. The quantitative estimate of drug-likeness (QED) is 0.146. The summed E-state index contributed by atoms with van der Waals surface area (Å²) in [5, 5.41) is 0.456. The molecule has 44 heavy (non-hydrogen) atoms. The average molecular weight is 613 g/mol. The van der Waals surface area contributed by atoms with Gasteiger partial charge < -0.3 is 14.4 Å². The van der Waals surface area contributed by atoms with Crippen LogP contribution >= 0.6 is 11.6 Å². The highest BCUT2D eigenvalue weighted by Gasteiger charge is 2.40. The molecular formula is C35H33ClN2O6. The second kappa shape index (κ2) is 14.7. The summed E-state index contributed by atoms with van der Waals surface area (Å²) in [4.78, 5) is 56.3. The first-order valence-corrected chi connectivity index (χ1v) is 14.9. The maximum atomic E-state index is 13.9. The van der Waals surface area contributed by atoms with Crippen molar-refractivity contribution in [1.82, 2.24) is 9.47 Å². The Kier molecular flexibility index (Phi) is 10.2. The van der Waals surface area contributed by atoms with E-state index in [1.165, 1.54) is 10.8 Å². The minimum absolute atomic E-state index is 0.0600. The van der Waals surface area contributed by atoms with E-state index < -0.39 is 29.7 Å². The highest BCUT2D eigenvalue weighted by atomic mass is 35.5. The SMILES string of the molecule is O=C(OCc1ccccc1)C(C(=O)OCc1ccccc1)[C@@H](CC(=O)n1cccc1C(=O)N1CCCC1)c1ccc(Cl)cc1. The number of hydrogen-bond acceptors (Lipinski definition) is 6. The number of ether oxygens (including phenoxy) is 2. The van der Waals surface area contributed by atoms with E-state index >= 15 is 0 Å². The largest absolute Gasteiger partial charge is 0.460 e. The van der Waals surface area contributed by atoms with Crippen LogP contribution in [0, 0.1) is 5.92 Å². The zero-order valence-corrected chi connectivity index (χ0v) is 24.9. The highest BCUT2D eigenvalue weighted by Crippen LogP contribution is 2.33. The van der Waals surface area contributed by atoms with Crippen molar-refractivity contribution in [2.75, 3.05) is 13.1 Å². The third-order valence-corrected chi connectivity index (χ3v) is 7.93. The number of carbonyl (C=O) groups is 4. The second-order valence-corrected chi connectivity index (χ2v) is 11.1. The summed E-state index contributed by atoms with van der Waals surface area (Å²) in [7, 11) is 0. The molecule has 9 heteroatoms. The highest BCUT2D eigenvalue weighted by molar-refractivity contribution is 6.30. The number of aromatic nitrogens is 1. The summed E-state index contributed by atoms with van der Waals surface area (Å²) in [6, 6.07) is 28.1. The van der Waals surface area contributed by atoms with E-state index in [2.05, 4.69) is 0 Å². The predicted octanol–water partition coefficient (Wildman–Crippen LogP) is 6.29. The Labute approximate surface area is 261 Å². The lowest BCUT2D eigenvalue weighted by atomic mass is 9.83. The first kappa shape index (κ1) is 30.8. The van der Waals surface area contributed by atoms with Crippen molar-refractivity contribution in [2.24, 2.45) is 5.92 Å². The zero-order chi connectivity index (χ0) is 30.9. The normalized spacial score (nSPS) is 13.5. The van der Waals surface area contributed by atoms with Gasteiger partial charge in [-0.1, -0.05) is 84.4 Å². The van der Waals surface area contributed by atoms with Crippen LogP contribution in [-0.2, 0) is 32.3 Å². The summed E-state index contributed by atoms with van der Waals surface area (Å²) in [5.74, 6) is -4.76. The summed E-state index contributed by atoms with van der Waals surface area (Å²) >= 11 is 6.16. The topological polar surface area (TPSA) is 94.9 Å². The molecular weight excluding hydrogens is 580 g/mol. The van der Waals surface area contributed by atoms with Crippen LogP contribution in [0.4, 0.5) is 0 Å². The Bertz CT molecular complexity index is 1520. The van der Waals surface area contributed by atoms with Crippen molar-refractivity contribution >= 4 is 35.4 Å². The fourth-order valence-electron chi connectivity index (χ4n) is 5.34. The van der Waals surface area contributed by atoms with Crippen LogP contribution in [0.15, 0.2) is 103 Å². The molecule has 1 saturated heterocycles. The van der Waals surface area contributed by atoms with Crippen LogP contribution in [0.3, 0.4) is 0 Å². The van der Waals surface area contributed by atoms with Gasteiger partial charge in [-0.2, -0.15) is 0 Å². The Morgan fingerprint density at radius 1 is 0.705 bits per heavy atom. The number of halogens is 1. The van der Waals surface area contributed by atoms with Gasteiger partial charge in [-0.25, -0.2) is 0 Å². The lowest BCUT2D eigenvalue weighted by Crippen LogP contribution is -2.36. The zero-order valence-electron chi connectivity index (χ0n) is 24.1. The second-order valence-electron chi connectivity index (χ2n) is 10.7. The molecule has 1 amide bonds. The third-order valence-electron chi connectivity index (χ3n) is 7.68. The standard InChI is InChI=1S/C35H33ClN2O6/c36-28-17-15-27(16-18-28)29(22-31(39)38-21-9-14-30(38)33(40)37-19-7-8-20-37)32(34(41)43-23-25-10-3-1-4-11-25)35(42)44-24-26-12-5-2-6-13-26/h1-6,9-18,21,29,32H,7-8,19-20,22-24H2/t29-/m0/s1. The van der Waals surface area contributed by atoms with Gasteiger partial charge in [0.2, 0.25) is 5.91 Å². The molecule has 0 saturated carbocycles. The minimum Gasteiger partial charge on any atom is -0.460 e. The first-order chi connectivity index (χ1) is 21.4. The van der Waals surface area contributed by atoms with Gasteiger partial charge in [-0.15, -0.1) is 0 Å². The van der Waals surface area contributed by atoms with Crippen molar-refractivity contribution in [3.8, 4) is 0 Å². The number of esters is 2. The summed E-state index contributed by atoms with van der Waals surface area (Å²) in [6.45, 7) is 1.15. The number of rotatable bonds is 11. The fraction of sp³-hybridized carbons (Fsp3) is 0.257. The van der Waals surface area contributed by atoms with Gasteiger partial charge in [-0.3, -0.25) is 23.7 Å². The van der Waals surface area contributed by atoms with Crippen LogP contribution in [0.25, 0.3) is 0 Å². The molecule has 1 aliphatic rings. The van der Waals surface area contributed by atoms with Crippen LogP contribution in [-0.4, -0.2) is 46.3 Å². The molecule has 4 aromatic rings. The number of hydrogen-bond donors (Lipinski definition) is 0. The Morgan fingerprint density at radius 2 is 1.25 bits per heavy atom. The van der Waals surface area contributed by atoms with Crippen molar-refractivity contribution < 1.29 is 28.7 Å². The van der Waals surface area contributed by atoms with Crippen LogP contribution in [0.5, 0.6) is 0 Å². The van der Waals surface area contributed by atoms with Gasteiger partial charge >= 0.3 is 11.9 Å². The van der Waals surface area contributed by atoms with E-state index in [0.717, 1.165) is 24.0 Å². The van der Waals surface area contributed by atoms with E-state index in [-0.39, 0.29) is 31.2 Å². The van der Waals surface area contributed by atoms with E-state index in [9.17, 15) is 19.2 Å². The number of amides is 1. The van der Waals surface area contributed by atoms with E-state index in [1.54, 1.807) is 65.6 Å². The molecule has 1 atom stereocenters. The van der Waals surface area contributed by atoms with E-state index in [0.29, 0.717) is 23.7 Å². The minimum atomic E-state index is -1.47. The van der Waals surface area contributed by atoms with Crippen LogP contribution < -0.4 is 0 Å². The Hall–Kier alpha value is -4.69. The maximum absolute atomic E-state index is 13.9. The molecule has 226 valence electrons. The maximum Gasteiger partial charge on any atom is 0.321 e. The van der Waals surface area contributed by atoms with Crippen molar-refractivity contribution in [3.05, 3.63) is 131 Å². The van der Waals surface area contributed by atoms with E-state index in [1.807, 2.05) is 36.4 Å². The molecule has 3 aromatic carbocycles. The molecule has 0 spiro atoms. The molecule has 0 unspecified atom stereocenters. The van der Waals surface area contributed by atoms with Gasteiger partial charge in [0.1, 0.15) is 18.9 Å². The van der Waals surface area contributed by atoms with Crippen molar-refractivity contribution in [2.45, 2.75) is 38.4 Å². The van der Waals surface area contributed by atoms with Crippen molar-refractivity contribution in [1.29, 1.82) is 0 Å². The monoisotopic (exact) mass is 612 g/mol. The number of nitrogens with zero attached hydrogens (tertiary/aromatic N) is 2. The smallest absolute Gasteiger partial charge is 0.321 e. The van der Waals surface area contributed by atoms with Gasteiger partial charge in [0.15, 0.2) is 5.92 Å². The average Bonchev–Trinajstić information content (AvgIpc) is 3.77. The Balaban J connectivity index is 1.45. The van der Waals surface area contributed by atoms with E-state index in [4.69, 9.17) is 21.1 Å². The lowest BCUT2D eigenvalue weighted by molar-refractivity contribution is -0.165. The molecule has 1 aromatic heterocycles. The molecule has 0 aliphatic carbocycles.